The van der Waals surface area contributed by atoms with Crippen LogP contribution in [0.5, 0.6) is 5.75 Å². The zero-order valence-electron chi connectivity index (χ0n) is 24.9. The molecule has 6 rings (SSSR count). The Kier molecular flexibility index (Phi) is 8.76. The van der Waals surface area contributed by atoms with Crippen LogP contribution in [0.1, 0.15) is 43.2 Å². The molecule has 0 spiro atoms. The molecule has 0 unspecified atom stereocenters. The molecule has 2 saturated heterocycles. The average molecular weight is 584 g/mol. The lowest BCUT2D eigenvalue weighted by Crippen LogP contribution is -2.50. The monoisotopic (exact) mass is 583 g/mol. The smallest absolute Gasteiger partial charge is 0.248 e. The topological polar surface area (TPSA) is 109 Å². The number of rotatable bonds is 10. The van der Waals surface area contributed by atoms with Crippen LogP contribution in [-0.4, -0.2) is 72.8 Å². The normalized spacial score (nSPS) is 19.5. The molecule has 2 aromatic carbocycles. The van der Waals surface area contributed by atoms with Crippen molar-refractivity contribution < 1.29 is 14.4 Å². The van der Waals surface area contributed by atoms with Gasteiger partial charge in [-0.15, -0.1) is 0 Å². The maximum absolute atomic E-state index is 12.3. The highest BCUT2D eigenvalue weighted by Gasteiger charge is 2.30. The third kappa shape index (κ3) is 6.45. The lowest BCUT2D eigenvalue weighted by Gasteiger charge is -2.40. The van der Waals surface area contributed by atoms with Crippen molar-refractivity contribution in [2.75, 3.05) is 55.2 Å². The molecule has 0 bridgehead atoms. The molecule has 3 fully saturated rings. The molecule has 1 saturated carbocycles. The van der Waals surface area contributed by atoms with Gasteiger partial charge >= 0.3 is 0 Å². The average Bonchev–Trinajstić information content (AvgIpc) is 3.74. The van der Waals surface area contributed by atoms with Crippen molar-refractivity contribution in [1.82, 2.24) is 14.9 Å². The van der Waals surface area contributed by atoms with Crippen molar-refractivity contribution in [1.29, 1.82) is 0 Å². The van der Waals surface area contributed by atoms with E-state index in [1.807, 2.05) is 29.3 Å². The van der Waals surface area contributed by atoms with Crippen LogP contribution in [0.3, 0.4) is 0 Å². The number of hydroxylamine groups is 1. The van der Waals surface area contributed by atoms with E-state index in [-0.39, 0.29) is 11.6 Å². The molecular formula is C33H41N7O3. The molecule has 1 atom stereocenters. The van der Waals surface area contributed by atoms with E-state index < -0.39 is 5.91 Å². The number of hydrogen-bond donors (Lipinski definition) is 2. The zero-order valence-corrected chi connectivity index (χ0v) is 24.9. The quantitative estimate of drug-likeness (QED) is 0.333. The number of carbonyl (C=O) groups is 1. The van der Waals surface area contributed by atoms with Crippen molar-refractivity contribution in [3.8, 4) is 5.75 Å². The third-order valence-corrected chi connectivity index (χ3v) is 8.90. The van der Waals surface area contributed by atoms with E-state index in [2.05, 4.69) is 55.9 Å². The van der Waals surface area contributed by atoms with E-state index in [4.69, 9.17) is 15.3 Å². The molecule has 3 aliphatic rings. The predicted molar refractivity (Wildman–Crippen MR) is 170 cm³/mol. The van der Waals surface area contributed by atoms with E-state index in [1.54, 1.807) is 7.11 Å². The molecule has 3 N–H and O–H groups in total. The summed E-state index contributed by atoms with van der Waals surface area (Å²) in [5.74, 6) is 1.33. The fourth-order valence-electron chi connectivity index (χ4n) is 6.58. The van der Waals surface area contributed by atoms with Crippen LogP contribution < -0.4 is 25.8 Å². The Labute approximate surface area is 253 Å². The van der Waals surface area contributed by atoms with Crippen molar-refractivity contribution in [2.45, 2.75) is 50.6 Å². The van der Waals surface area contributed by atoms with E-state index >= 15 is 0 Å². The number of anilines is 4. The SMILES string of the molecule is C=C(C(N)=O)c1cc(Nc2cc(N3OCC[C@H]3Cc3ccccc3)ncn2)c(OC)cc1N1CCN(C2CCCC2)CC1. The third-order valence-electron chi connectivity index (χ3n) is 8.90. The van der Waals surface area contributed by atoms with Gasteiger partial charge in [0.2, 0.25) is 5.91 Å². The first-order valence-corrected chi connectivity index (χ1v) is 15.3. The minimum atomic E-state index is -0.554. The number of nitrogens with one attached hydrogen (secondary N) is 1. The Morgan fingerprint density at radius 2 is 1.84 bits per heavy atom. The molecule has 1 amide bonds. The van der Waals surface area contributed by atoms with Crippen molar-refractivity contribution >= 4 is 34.5 Å². The number of benzene rings is 2. The Hall–Kier alpha value is -4.15. The van der Waals surface area contributed by atoms with Crippen molar-refractivity contribution in [2.24, 2.45) is 5.73 Å². The summed E-state index contributed by atoms with van der Waals surface area (Å²) in [5.41, 5.74) is 9.50. The second-order valence-corrected chi connectivity index (χ2v) is 11.6. The largest absolute Gasteiger partial charge is 0.494 e. The number of aromatic nitrogens is 2. The molecule has 10 heteroatoms. The lowest BCUT2D eigenvalue weighted by atomic mass is 10.0. The van der Waals surface area contributed by atoms with E-state index in [1.165, 1.54) is 37.6 Å². The summed E-state index contributed by atoms with van der Waals surface area (Å²) in [5, 5.41) is 5.26. The number of hydrogen-bond acceptors (Lipinski definition) is 9. The number of piperazine rings is 1. The zero-order chi connectivity index (χ0) is 29.8. The molecule has 0 radical (unpaired) electrons. The molecule has 10 nitrogen and oxygen atoms in total. The standard InChI is InChI=1S/C33H41N7O3/c1-23(33(34)41)27-19-28(30(42-2)20-29(27)39-15-13-38(14-16-39)25-10-6-7-11-25)37-31-21-32(36-22-35-31)40-26(12-17-43-40)18-24-8-4-3-5-9-24/h3-5,8-9,19-22,25-26H,1,6-7,10-18H2,2H3,(H2,34,41)(H,35,36,37)/t26-/m0/s1. The van der Waals surface area contributed by atoms with Gasteiger partial charge in [-0.3, -0.25) is 14.5 Å². The predicted octanol–water partition coefficient (Wildman–Crippen LogP) is 4.54. The Bertz CT molecular complexity index is 1440. The molecule has 1 aromatic heterocycles. The maximum Gasteiger partial charge on any atom is 0.248 e. The Balaban J connectivity index is 1.24. The van der Waals surface area contributed by atoms with Crippen LogP contribution in [0, 0.1) is 0 Å². The molecule has 3 aromatic rings. The molecule has 226 valence electrons. The van der Waals surface area contributed by atoms with Crippen molar-refractivity contribution in [3.05, 3.63) is 72.6 Å². The lowest BCUT2D eigenvalue weighted by molar-refractivity contribution is -0.112. The van der Waals surface area contributed by atoms with Crippen LogP contribution in [0.25, 0.3) is 5.57 Å². The number of nitrogens with two attached hydrogens (primary N) is 1. The molecule has 2 aliphatic heterocycles. The molecule has 1 aliphatic carbocycles. The van der Waals surface area contributed by atoms with Gasteiger partial charge in [-0.1, -0.05) is 49.8 Å². The fourth-order valence-corrected chi connectivity index (χ4v) is 6.58. The summed E-state index contributed by atoms with van der Waals surface area (Å²) in [7, 11) is 1.64. The minimum Gasteiger partial charge on any atom is -0.494 e. The summed E-state index contributed by atoms with van der Waals surface area (Å²) in [6.45, 7) is 8.38. The molecular weight excluding hydrogens is 542 g/mol. The van der Waals surface area contributed by atoms with Gasteiger partial charge < -0.3 is 20.7 Å². The fraction of sp³-hybridized carbons (Fsp3) is 0.424. The van der Waals surface area contributed by atoms with Crippen LogP contribution in [0.2, 0.25) is 0 Å². The highest BCUT2D eigenvalue weighted by atomic mass is 16.7. The van der Waals surface area contributed by atoms with Crippen LogP contribution >= 0.6 is 0 Å². The van der Waals surface area contributed by atoms with E-state index in [0.29, 0.717) is 41.3 Å². The van der Waals surface area contributed by atoms with Gasteiger partial charge in [0.15, 0.2) is 5.82 Å². The number of methoxy groups -OCH3 is 1. The van der Waals surface area contributed by atoms with Crippen LogP contribution in [-0.2, 0) is 16.1 Å². The van der Waals surface area contributed by atoms with E-state index in [9.17, 15) is 4.79 Å². The number of primary amides is 1. The Morgan fingerprint density at radius 3 is 2.56 bits per heavy atom. The first-order valence-electron chi connectivity index (χ1n) is 15.3. The van der Waals surface area contributed by atoms with Gasteiger partial charge in [-0.25, -0.2) is 15.0 Å². The van der Waals surface area contributed by atoms with E-state index in [0.717, 1.165) is 44.7 Å². The second kappa shape index (κ2) is 13.0. The van der Waals surface area contributed by atoms with Gasteiger partial charge in [-0.05, 0) is 37.3 Å². The number of nitrogens with zero attached hydrogens (tertiary/aromatic N) is 5. The first-order chi connectivity index (χ1) is 21.0. The molecule has 3 heterocycles. The van der Waals surface area contributed by atoms with Gasteiger partial charge in [0, 0.05) is 61.2 Å². The molecule has 43 heavy (non-hydrogen) atoms. The van der Waals surface area contributed by atoms with Gasteiger partial charge in [-0.2, -0.15) is 0 Å². The van der Waals surface area contributed by atoms with Crippen molar-refractivity contribution in [3.63, 3.8) is 0 Å². The number of carbonyl (C=O) groups excluding carboxylic acids is 1. The summed E-state index contributed by atoms with van der Waals surface area (Å²) >= 11 is 0. The minimum absolute atomic E-state index is 0.165. The van der Waals surface area contributed by atoms with Gasteiger partial charge in [0.1, 0.15) is 17.9 Å². The Morgan fingerprint density at radius 1 is 1.07 bits per heavy atom. The number of amides is 1. The summed E-state index contributed by atoms with van der Waals surface area (Å²) < 4.78 is 5.84. The van der Waals surface area contributed by atoms with Gasteiger partial charge in [0.05, 0.1) is 25.4 Å². The number of ether oxygens (including phenoxy) is 1. The maximum atomic E-state index is 12.3. The summed E-state index contributed by atoms with van der Waals surface area (Å²) in [6, 6.07) is 17.0. The first kappa shape index (κ1) is 28.9. The summed E-state index contributed by atoms with van der Waals surface area (Å²) in [4.78, 5) is 32.2. The highest BCUT2D eigenvalue weighted by Crippen LogP contribution is 2.39. The second-order valence-electron chi connectivity index (χ2n) is 11.6. The summed E-state index contributed by atoms with van der Waals surface area (Å²) in [6.07, 6.45) is 8.52. The van der Waals surface area contributed by atoms with Crippen LogP contribution in [0.4, 0.5) is 23.0 Å². The highest BCUT2D eigenvalue weighted by molar-refractivity contribution is 6.19. The van der Waals surface area contributed by atoms with Gasteiger partial charge in [0.25, 0.3) is 0 Å². The van der Waals surface area contributed by atoms with Crippen LogP contribution in [0.15, 0.2) is 61.4 Å².